The Kier molecular flexibility index (Phi) is 2.41. The zero-order chi connectivity index (χ0) is 12.5. The maximum Gasteiger partial charge on any atom is 0.125 e. The van der Waals surface area contributed by atoms with Crippen LogP contribution in [0.5, 0.6) is 0 Å². The van der Waals surface area contributed by atoms with E-state index in [1.165, 1.54) is 12.1 Å². The van der Waals surface area contributed by atoms with E-state index >= 15 is 0 Å². The molecule has 0 aliphatic rings. The quantitative estimate of drug-likeness (QED) is 0.710. The second kappa shape index (κ2) is 4.07. The maximum absolute atomic E-state index is 13.0. The molecule has 0 bridgehead atoms. The van der Waals surface area contributed by atoms with Crippen molar-refractivity contribution in [3.05, 3.63) is 54.6 Å². The smallest absolute Gasteiger partial charge is 0.125 e. The van der Waals surface area contributed by atoms with E-state index in [0.29, 0.717) is 11.3 Å². The molecule has 88 valence electrons. The van der Waals surface area contributed by atoms with Crippen LogP contribution >= 0.6 is 0 Å². The largest absolute Gasteiger partial charge is 0.384 e. The van der Waals surface area contributed by atoms with Gasteiger partial charge < -0.3 is 5.73 Å². The van der Waals surface area contributed by atoms with Gasteiger partial charge in [0, 0.05) is 35.0 Å². The SMILES string of the molecule is Nc1ccc(-c2cnc3cc(F)ccc3c2)cn1. The van der Waals surface area contributed by atoms with Crippen LogP contribution in [0, 0.1) is 5.82 Å². The summed E-state index contributed by atoms with van der Waals surface area (Å²) in [5.74, 6) is 0.200. The van der Waals surface area contributed by atoms with Gasteiger partial charge in [-0.25, -0.2) is 9.37 Å². The predicted octanol–water partition coefficient (Wildman–Crippen LogP) is 3.02. The molecule has 3 aromatic rings. The minimum atomic E-state index is -0.281. The Morgan fingerprint density at radius 3 is 2.50 bits per heavy atom. The summed E-state index contributed by atoms with van der Waals surface area (Å²) in [6.45, 7) is 0. The van der Waals surface area contributed by atoms with Crippen LogP contribution in [0.1, 0.15) is 0 Å². The topological polar surface area (TPSA) is 51.8 Å². The molecule has 3 rings (SSSR count). The van der Waals surface area contributed by atoms with E-state index in [2.05, 4.69) is 9.97 Å². The molecule has 0 aliphatic carbocycles. The monoisotopic (exact) mass is 239 g/mol. The molecule has 0 amide bonds. The highest BCUT2D eigenvalue weighted by atomic mass is 19.1. The number of nitrogens with zero attached hydrogens (tertiary/aromatic N) is 2. The van der Waals surface area contributed by atoms with Crippen molar-refractivity contribution in [3.63, 3.8) is 0 Å². The lowest BCUT2D eigenvalue weighted by Gasteiger charge is -2.03. The highest BCUT2D eigenvalue weighted by Gasteiger charge is 2.02. The van der Waals surface area contributed by atoms with E-state index in [9.17, 15) is 4.39 Å². The lowest BCUT2D eigenvalue weighted by molar-refractivity contribution is 0.629. The molecule has 0 saturated heterocycles. The van der Waals surface area contributed by atoms with Gasteiger partial charge >= 0.3 is 0 Å². The predicted molar refractivity (Wildman–Crippen MR) is 69.3 cm³/mol. The van der Waals surface area contributed by atoms with Crippen LogP contribution in [0.15, 0.2) is 48.8 Å². The Hall–Kier alpha value is -2.49. The molecule has 0 radical (unpaired) electrons. The van der Waals surface area contributed by atoms with Crippen molar-refractivity contribution in [1.29, 1.82) is 0 Å². The number of hydrogen-bond donors (Lipinski definition) is 1. The molecule has 0 aliphatic heterocycles. The molecule has 0 unspecified atom stereocenters. The van der Waals surface area contributed by atoms with Crippen LogP contribution in [0.4, 0.5) is 10.2 Å². The Balaban J connectivity index is 2.13. The van der Waals surface area contributed by atoms with Crippen LogP contribution in [-0.2, 0) is 0 Å². The van der Waals surface area contributed by atoms with Crippen LogP contribution in [0.3, 0.4) is 0 Å². The lowest BCUT2D eigenvalue weighted by atomic mass is 10.1. The molecule has 1 aromatic carbocycles. The summed E-state index contributed by atoms with van der Waals surface area (Å²) < 4.78 is 13.0. The number of hydrogen-bond acceptors (Lipinski definition) is 3. The highest BCUT2D eigenvalue weighted by Crippen LogP contribution is 2.22. The summed E-state index contributed by atoms with van der Waals surface area (Å²) in [7, 11) is 0. The molecule has 4 heteroatoms. The Morgan fingerprint density at radius 2 is 1.72 bits per heavy atom. The van der Waals surface area contributed by atoms with Crippen molar-refractivity contribution in [2.24, 2.45) is 0 Å². The van der Waals surface area contributed by atoms with Gasteiger partial charge in [0.15, 0.2) is 0 Å². The van der Waals surface area contributed by atoms with Crippen molar-refractivity contribution in [2.45, 2.75) is 0 Å². The van der Waals surface area contributed by atoms with Gasteiger partial charge in [-0.15, -0.1) is 0 Å². The van der Waals surface area contributed by atoms with E-state index < -0.39 is 0 Å². The van der Waals surface area contributed by atoms with Crippen molar-refractivity contribution in [3.8, 4) is 11.1 Å². The normalized spacial score (nSPS) is 10.7. The first-order chi connectivity index (χ1) is 8.72. The maximum atomic E-state index is 13.0. The van der Waals surface area contributed by atoms with E-state index in [1.807, 2.05) is 12.1 Å². The molecular formula is C14H10FN3. The van der Waals surface area contributed by atoms with Crippen molar-refractivity contribution >= 4 is 16.7 Å². The molecule has 0 atom stereocenters. The van der Waals surface area contributed by atoms with Crippen LogP contribution in [0.25, 0.3) is 22.0 Å². The Bertz CT molecular complexity index is 708. The van der Waals surface area contributed by atoms with Gasteiger partial charge in [0.05, 0.1) is 5.52 Å². The van der Waals surface area contributed by atoms with Gasteiger partial charge in [-0.3, -0.25) is 4.98 Å². The fourth-order valence-electron chi connectivity index (χ4n) is 1.83. The van der Waals surface area contributed by atoms with Crippen molar-refractivity contribution in [1.82, 2.24) is 9.97 Å². The third-order valence-corrected chi connectivity index (χ3v) is 2.77. The number of anilines is 1. The minimum absolute atomic E-state index is 0.281. The molecule has 0 saturated carbocycles. The summed E-state index contributed by atoms with van der Waals surface area (Å²) in [6.07, 6.45) is 3.40. The van der Waals surface area contributed by atoms with Gasteiger partial charge in [-0.05, 0) is 30.3 Å². The van der Waals surface area contributed by atoms with E-state index in [4.69, 9.17) is 5.73 Å². The second-order valence-corrected chi connectivity index (χ2v) is 4.03. The van der Waals surface area contributed by atoms with Crippen LogP contribution in [-0.4, -0.2) is 9.97 Å². The number of rotatable bonds is 1. The fourth-order valence-corrected chi connectivity index (χ4v) is 1.83. The van der Waals surface area contributed by atoms with E-state index in [-0.39, 0.29) is 5.82 Å². The first-order valence-electron chi connectivity index (χ1n) is 5.49. The number of nitrogen functional groups attached to an aromatic ring is 1. The summed E-state index contributed by atoms with van der Waals surface area (Å²) in [6, 6.07) is 10.1. The Labute approximate surface area is 103 Å². The third kappa shape index (κ3) is 1.88. The van der Waals surface area contributed by atoms with Crippen LogP contribution < -0.4 is 5.73 Å². The van der Waals surface area contributed by atoms with Gasteiger partial charge in [0.1, 0.15) is 11.6 Å². The molecule has 18 heavy (non-hydrogen) atoms. The van der Waals surface area contributed by atoms with Crippen LogP contribution in [0.2, 0.25) is 0 Å². The molecular weight excluding hydrogens is 229 g/mol. The molecule has 2 aromatic heterocycles. The number of fused-ring (bicyclic) bond motifs is 1. The highest BCUT2D eigenvalue weighted by molar-refractivity contribution is 5.83. The summed E-state index contributed by atoms with van der Waals surface area (Å²) in [4.78, 5) is 8.28. The number of pyridine rings is 2. The number of aromatic nitrogens is 2. The van der Waals surface area contributed by atoms with Crippen molar-refractivity contribution < 1.29 is 4.39 Å². The van der Waals surface area contributed by atoms with Gasteiger partial charge in [0.25, 0.3) is 0 Å². The molecule has 0 fully saturated rings. The lowest BCUT2D eigenvalue weighted by Crippen LogP contribution is -1.89. The average molecular weight is 239 g/mol. The zero-order valence-corrected chi connectivity index (χ0v) is 9.47. The average Bonchev–Trinajstić information content (AvgIpc) is 2.39. The number of benzene rings is 1. The second-order valence-electron chi connectivity index (χ2n) is 4.03. The number of nitrogens with two attached hydrogens (primary N) is 1. The zero-order valence-electron chi connectivity index (χ0n) is 9.47. The standard InChI is InChI=1S/C14H10FN3/c15-12-3-1-9-5-11(8-17-13(9)6-12)10-2-4-14(16)18-7-10/h1-8H,(H2,16,18). The van der Waals surface area contributed by atoms with E-state index in [0.717, 1.165) is 16.5 Å². The summed E-state index contributed by atoms with van der Waals surface area (Å²) in [5.41, 5.74) is 8.05. The Morgan fingerprint density at radius 1 is 0.889 bits per heavy atom. The van der Waals surface area contributed by atoms with Gasteiger partial charge in [-0.1, -0.05) is 0 Å². The fraction of sp³-hybridized carbons (Fsp3) is 0. The minimum Gasteiger partial charge on any atom is -0.384 e. The summed E-state index contributed by atoms with van der Waals surface area (Å²) in [5, 5.41) is 0.894. The van der Waals surface area contributed by atoms with Crippen molar-refractivity contribution in [2.75, 3.05) is 5.73 Å². The molecule has 2 N–H and O–H groups in total. The number of halogens is 1. The first kappa shape index (κ1) is 10.7. The third-order valence-electron chi connectivity index (χ3n) is 2.77. The molecule has 2 heterocycles. The first-order valence-corrected chi connectivity index (χ1v) is 5.49. The summed E-state index contributed by atoms with van der Waals surface area (Å²) >= 11 is 0. The molecule has 3 nitrogen and oxygen atoms in total. The van der Waals surface area contributed by atoms with E-state index in [1.54, 1.807) is 24.5 Å². The molecule has 0 spiro atoms. The van der Waals surface area contributed by atoms with Gasteiger partial charge in [-0.2, -0.15) is 0 Å². The van der Waals surface area contributed by atoms with Gasteiger partial charge in [0.2, 0.25) is 0 Å².